The summed E-state index contributed by atoms with van der Waals surface area (Å²) in [5.41, 5.74) is 7.17. The fraction of sp³-hybridized carbons (Fsp3) is 0.615. The molecule has 1 heterocycles. The number of pyridine rings is 1. The molecule has 0 radical (unpaired) electrons. The average Bonchev–Trinajstić information content (AvgIpc) is 2.38. The van der Waals surface area contributed by atoms with Crippen LogP contribution in [0.4, 0.5) is 0 Å². The van der Waals surface area contributed by atoms with Gasteiger partial charge in [0, 0.05) is 12.8 Å². The molecule has 1 rings (SSSR count). The normalized spacial score (nSPS) is 14.4. The highest BCUT2D eigenvalue weighted by molar-refractivity contribution is 5.26. The van der Waals surface area contributed by atoms with Crippen LogP contribution in [-0.2, 0) is 4.74 Å². The van der Waals surface area contributed by atoms with Crippen molar-refractivity contribution in [2.75, 3.05) is 13.7 Å². The Hall–Kier alpha value is -1.13. The summed E-state index contributed by atoms with van der Waals surface area (Å²) >= 11 is 0. The molecular formula is C13H22N2O2. The van der Waals surface area contributed by atoms with Gasteiger partial charge in [-0.3, -0.25) is 4.98 Å². The molecule has 2 unspecified atom stereocenters. The molecular weight excluding hydrogens is 216 g/mol. The van der Waals surface area contributed by atoms with Gasteiger partial charge in [0.15, 0.2) is 0 Å². The standard InChI is InChI=1S/C13H22N2O2/c1-4-6-12(17-5-2)13(14)10-7-11(16-3)9-15-8-10/h7-9,12-13H,4-6,14H2,1-3H3. The van der Waals surface area contributed by atoms with Crippen molar-refractivity contribution < 1.29 is 9.47 Å². The van der Waals surface area contributed by atoms with E-state index in [0.29, 0.717) is 6.61 Å². The molecule has 96 valence electrons. The Bertz CT molecular complexity index is 325. The van der Waals surface area contributed by atoms with Gasteiger partial charge < -0.3 is 15.2 Å². The Morgan fingerprint density at radius 2 is 2.12 bits per heavy atom. The van der Waals surface area contributed by atoms with Crippen LogP contribution in [-0.4, -0.2) is 24.8 Å². The molecule has 0 fully saturated rings. The van der Waals surface area contributed by atoms with E-state index in [1.807, 2.05) is 13.0 Å². The van der Waals surface area contributed by atoms with Crippen molar-refractivity contribution in [2.45, 2.75) is 38.8 Å². The zero-order valence-corrected chi connectivity index (χ0v) is 10.8. The van der Waals surface area contributed by atoms with Crippen LogP contribution in [0.3, 0.4) is 0 Å². The molecule has 0 saturated heterocycles. The van der Waals surface area contributed by atoms with Crippen LogP contribution in [0, 0.1) is 0 Å². The first-order valence-corrected chi connectivity index (χ1v) is 6.09. The fourth-order valence-corrected chi connectivity index (χ4v) is 1.81. The van der Waals surface area contributed by atoms with Gasteiger partial charge in [0.2, 0.25) is 0 Å². The first-order chi connectivity index (χ1) is 8.22. The SMILES string of the molecule is CCCC(OCC)C(N)c1cncc(OC)c1. The van der Waals surface area contributed by atoms with Crippen LogP contribution in [0.15, 0.2) is 18.5 Å². The molecule has 17 heavy (non-hydrogen) atoms. The summed E-state index contributed by atoms with van der Waals surface area (Å²) in [4.78, 5) is 4.12. The van der Waals surface area contributed by atoms with Crippen LogP contribution < -0.4 is 10.5 Å². The zero-order valence-electron chi connectivity index (χ0n) is 10.8. The third kappa shape index (κ3) is 3.98. The van der Waals surface area contributed by atoms with Gasteiger partial charge in [0.05, 0.1) is 25.5 Å². The smallest absolute Gasteiger partial charge is 0.137 e. The number of nitrogens with zero attached hydrogens (tertiary/aromatic N) is 1. The van der Waals surface area contributed by atoms with Crippen molar-refractivity contribution in [3.05, 3.63) is 24.0 Å². The maximum absolute atomic E-state index is 6.21. The van der Waals surface area contributed by atoms with Gasteiger partial charge in [0.1, 0.15) is 5.75 Å². The zero-order chi connectivity index (χ0) is 12.7. The van der Waals surface area contributed by atoms with Crippen molar-refractivity contribution in [1.29, 1.82) is 0 Å². The van der Waals surface area contributed by atoms with Crippen molar-refractivity contribution >= 4 is 0 Å². The first kappa shape index (κ1) is 13.9. The van der Waals surface area contributed by atoms with Crippen molar-refractivity contribution in [1.82, 2.24) is 4.98 Å². The first-order valence-electron chi connectivity index (χ1n) is 6.09. The van der Waals surface area contributed by atoms with Crippen molar-refractivity contribution in [3.63, 3.8) is 0 Å². The lowest BCUT2D eigenvalue weighted by Gasteiger charge is -2.23. The summed E-state index contributed by atoms with van der Waals surface area (Å²) in [5, 5.41) is 0. The van der Waals surface area contributed by atoms with Crippen LogP contribution in [0.2, 0.25) is 0 Å². The summed E-state index contributed by atoms with van der Waals surface area (Å²) < 4.78 is 10.8. The minimum atomic E-state index is -0.155. The van der Waals surface area contributed by atoms with Gasteiger partial charge in [-0.2, -0.15) is 0 Å². The number of nitrogens with two attached hydrogens (primary N) is 1. The molecule has 0 aromatic carbocycles. The van der Waals surface area contributed by atoms with E-state index >= 15 is 0 Å². The number of methoxy groups -OCH3 is 1. The Kier molecular flexibility index (Phi) is 5.94. The Labute approximate surface area is 103 Å². The Morgan fingerprint density at radius 3 is 2.71 bits per heavy atom. The van der Waals surface area contributed by atoms with E-state index in [0.717, 1.165) is 24.2 Å². The predicted molar refractivity (Wildman–Crippen MR) is 68.0 cm³/mol. The van der Waals surface area contributed by atoms with Crippen LogP contribution in [0.1, 0.15) is 38.3 Å². The molecule has 0 amide bonds. The second-order valence-corrected chi connectivity index (χ2v) is 3.97. The van der Waals surface area contributed by atoms with Crippen LogP contribution in [0.25, 0.3) is 0 Å². The minimum Gasteiger partial charge on any atom is -0.495 e. The average molecular weight is 238 g/mol. The molecule has 0 aliphatic rings. The molecule has 0 spiro atoms. The molecule has 0 aliphatic carbocycles. The molecule has 2 N–H and O–H groups in total. The molecule has 1 aromatic heterocycles. The summed E-state index contributed by atoms with van der Waals surface area (Å²) in [6, 6.07) is 1.76. The molecule has 0 saturated carbocycles. The largest absolute Gasteiger partial charge is 0.495 e. The molecule has 2 atom stereocenters. The van der Waals surface area contributed by atoms with E-state index in [-0.39, 0.29) is 12.1 Å². The third-order valence-electron chi connectivity index (χ3n) is 2.71. The van der Waals surface area contributed by atoms with Gasteiger partial charge in [-0.05, 0) is 25.0 Å². The van der Waals surface area contributed by atoms with Gasteiger partial charge >= 0.3 is 0 Å². The monoisotopic (exact) mass is 238 g/mol. The number of hydrogen-bond donors (Lipinski definition) is 1. The van der Waals surface area contributed by atoms with Gasteiger partial charge in [-0.25, -0.2) is 0 Å². The lowest BCUT2D eigenvalue weighted by Crippen LogP contribution is -2.29. The lowest BCUT2D eigenvalue weighted by molar-refractivity contribution is 0.0373. The van der Waals surface area contributed by atoms with Crippen LogP contribution in [0.5, 0.6) is 5.75 Å². The van der Waals surface area contributed by atoms with Crippen molar-refractivity contribution in [3.8, 4) is 5.75 Å². The van der Waals surface area contributed by atoms with E-state index in [1.165, 1.54) is 0 Å². The van der Waals surface area contributed by atoms with E-state index in [4.69, 9.17) is 15.2 Å². The quantitative estimate of drug-likeness (QED) is 0.792. The maximum Gasteiger partial charge on any atom is 0.137 e. The van der Waals surface area contributed by atoms with Gasteiger partial charge in [-0.1, -0.05) is 13.3 Å². The lowest BCUT2D eigenvalue weighted by atomic mass is 10.0. The second-order valence-electron chi connectivity index (χ2n) is 3.97. The fourth-order valence-electron chi connectivity index (χ4n) is 1.81. The highest BCUT2D eigenvalue weighted by Gasteiger charge is 2.19. The topological polar surface area (TPSA) is 57.4 Å². The number of ether oxygens (including phenoxy) is 2. The maximum atomic E-state index is 6.21. The van der Waals surface area contributed by atoms with Gasteiger partial charge in [0.25, 0.3) is 0 Å². The molecule has 0 bridgehead atoms. The van der Waals surface area contributed by atoms with Crippen LogP contribution >= 0.6 is 0 Å². The van der Waals surface area contributed by atoms with Crippen molar-refractivity contribution in [2.24, 2.45) is 5.73 Å². The summed E-state index contributed by atoms with van der Waals surface area (Å²) in [5.74, 6) is 0.727. The van der Waals surface area contributed by atoms with E-state index in [1.54, 1.807) is 19.5 Å². The molecule has 0 aliphatic heterocycles. The molecule has 1 aromatic rings. The molecule has 4 heteroatoms. The Balaban J connectivity index is 2.79. The highest BCUT2D eigenvalue weighted by Crippen LogP contribution is 2.22. The number of rotatable bonds is 7. The third-order valence-corrected chi connectivity index (χ3v) is 2.71. The van der Waals surface area contributed by atoms with E-state index in [2.05, 4.69) is 11.9 Å². The number of hydrogen-bond acceptors (Lipinski definition) is 4. The summed E-state index contributed by atoms with van der Waals surface area (Å²) in [7, 11) is 1.62. The highest BCUT2D eigenvalue weighted by atomic mass is 16.5. The summed E-state index contributed by atoms with van der Waals surface area (Å²) in [6.45, 7) is 4.79. The minimum absolute atomic E-state index is 0.0407. The predicted octanol–water partition coefficient (Wildman–Crippen LogP) is 2.30. The summed E-state index contributed by atoms with van der Waals surface area (Å²) in [6.07, 6.45) is 5.49. The number of aromatic nitrogens is 1. The van der Waals surface area contributed by atoms with E-state index < -0.39 is 0 Å². The second kappa shape index (κ2) is 7.25. The Morgan fingerprint density at radius 1 is 1.35 bits per heavy atom. The molecule has 4 nitrogen and oxygen atoms in total. The van der Waals surface area contributed by atoms with E-state index in [9.17, 15) is 0 Å². The van der Waals surface area contributed by atoms with Gasteiger partial charge in [-0.15, -0.1) is 0 Å².